The second-order valence-corrected chi connectivity index (χ2v) is 6.83. The fraction of sp³-hybridized carbons (Fsp3) is 0.0588. The Morgan fingerprint density at radius 3 is 2.83 bits per heavy atom. The summed E-state index contributed by atoms with van der Waals surface area (Å²) in [7, 11) is 0. The van der Waals surface area contributed by atoms with Crippen molar-refractivity contribution in [1.29, 1.82) is 0 Å². The maximum Gasteiger partial charge on any atom is 0.270 e. The predicted molar refractivity (Wildman–Crippen MR) is 96.3 cm³/mol. The quantitative estimate of drug-likeness (QED) is 0.655. The van der Waals surface area contributed by atoms with Gasteiger partial charge in [-0.15, -0.1) is 0 Å². The number of rotatable bonds is 2. The molecule has 120 valence electrons. The highest BCUT2D eigenvalue weighted by Crippen LogP contribution is 2.40. The van der Waals surface area contributed by atoms with Gasteiger partial charge in [-0.2, -0.15) is 0 Å². The van der Waals surface area contributed by atoms with Crippen LogP contribution in [-0.4, -0.2) is 22.1 Å². The van der Waals surface area contributed by atoms with Gasteiger partial charge in [0.05, 0.1) is 10.6 Å². The van der Waals surface area contributed by atoms with E-state index in [1.807, 2.05) is 6.07 Å². The molecule has 0 unspecified atom stereocenters. The summed E-state index contributed by atoms with van der Waals surface area (Å²) in [5.74, 6) is 1.19. The van der Waals surface area contributed by atoms with Gasteiger partial charge in [0.15, 0.2) is 15.8 Å². The zero-order valence-electron chi connectivity index (χ0n) is 12.3. The monoisotopic (exact) mass is 357 g/mol. The Hall–Kier alpha value is -2.51. The van der Waals surface area contributed by atoms with E-state index in [2.05, 4.69) is 0 Å². The Morgan fingerprint density at radius 2 is 2.00 bits per heavy atom. The van der Waals surface area contributed by atoms with Crippen LogP contribution >= 0.6 is 24.0 Å². The van der Waals surface area contributed by atoms with E-state index in [1.165, 1.54) is 16.7 Å². The van der Waals surface area contributed by atoms with Crippen LogP contribution in [0.25, 0.3) is 6.08 Å². The molecule has 1 saturated heterocycles. The molecular weight excluding hydrogens is 346 g/mol. The number of hydrogen-bond acceptors (Lipinski definition) is 6. The molecule has 7 heteroatoms. The summed E-state index contributed by atoms with van der Waals surface area (Å²) in [6.45, 7) is 0.175. The van der Waals surface area contributed by atoms with E-state index in [1.54, 1.807) is 42.5 Å². The van der Waals surface area contributed by atoms with E-state index in [-0.39, 0.29) is 18.4 Å². The van der Waals surface area contributed by atoms with Gasteiger partial charge in [0.1, 0.15) is 5.75 Å². The molecule has 1 fully saturated rings. The van der Waals surface area contributed by atoms with Gasteiger partial charge in [0.25, 0.3) is 5.91 Å². The molecule has 0 radical (unpaired) electrons. The van der Waals surface area contributed by atoms with Crippen LogP contribution in [0.5, 0.6) is 17.2 Å². The van der Waals surface area contributed by atoms with Crippen LogP contribution in [0.3, 0.4) is 0 Å². The molecule has 0 saturated carbocycles. The smallest absolute Gasteiger partial charge is 0.270 e. The minimum absolute atomic E-state index is 0.148. The maximum atomic E-state index is 12.7. The van der Waals surface area contributed by atoms with Gasteiger partial charge in [-0.25, -0.2) is 0 Å². The molecule has 1 N–H and O–H groups in total. The molecule has 0 aromatic heterocycles. The number of nitrogens with zero attached hydrogens (tertiary/aromatic N) is 1. The van der Waals surface area contributed by atoms with Crippen molar-refractivity contribution in [2.45, 2.75) is 0 Å². The molecule has 2 aliphatic rings. The zero-order chi connectivity index (χ0) is 16.7. The maximum absolute atomic E-state index is 12.7. The Kier molecular flexibility index (Phi) is 3.66. The molecule has 0 atom stereocenters. The van der Waals surface area contributed by atoms with Crippen LogP contribution < -0.4 is 14.4 Å². The molecule has 24 heavy (non-hydrogen) atoms. The number of aromatic hydroxyl groups is 1. The van der Waals surface area contributed by atoms with Gasteiger partial charge in [0, 0.05) is 6.07 Å². The minimum Gasteiger partial charge on any atom is -0.508 e. The first-order valence-electron chi connectivity index (χ1n) is 7.08. The summed E-state index contributed by atoms with van der Waals surface area (Å²) in [6.07, 6.45) is 1.71. The van der Waals surface area contributed by atoms with E-state index in [0.29, 0.717) is 26.4 Å². The summed E-state index contributed by atoms with van der Waals surface area (Å²) < 4.78 is 11.1. The van der Waals surface area contributed by atoms with Crippen molar-refractivity contribution in [3.8, 4) is 17.2 Å². The summed E-state index contributed by atoms with van der Waals surface area (Å²) in [6, 6.07) is 12.0. The fourth-order valence-corrected chi connectivity index (χ4v) is 3.78. The molecule has 5 nitrogen and oxygen atoms in total. The number of fused-ring (bicyclic) bond motifs is 1. The third-order valence-corrected chi connectivity index (χ3v) is 4.88. The lowest BCUT2D eigenvalue weighted by Crippen LogP contribution is -2.27. The van der Waals surface area contributed by atoms with E-state index >= 15 is 0 Å². The van der Waals surface area contributed by atoms with E-state index in [4.69, 9.17) is 21.7 Å². The Labute approximate surface area is 147 Å². The van der Waals surface area contributed by atoms with Crippen molar-refractivity contribution >= 4 is 46.0 Å². The van der Waals surface area contributed by atoms with Gasteiger partial charge in [-0.05, 0) is 35.9 Å². The first kappa shape index (κ1) is 15.0. The van der Waals surface area contributed by atoms with Gasteiger partial charge >= 0.3 is 0 Å². The number of hydrogen-bond donors (Lipinski definition) is 1. The SMILES string of the molecule is O=C1/C(=C/c2cccc(O)c2)SC(=S)N1c1ccc2c(c1)OCO2. The van der Waals surface area contributed by atoms with Crippen LogP contribution in [0.1, 0.15) is 5.56 Å². The largest absolute Gasteiger partial charge is 0.508 e. The number of anilines is 1. The molecule has 0 aliphatic carbocycles. The molecule has 2 heterocycles. The number of amides is 1. The van der Waals surface area contributed by atoms with E-state index in [9.17, 15) is 9.90 Å². The molecular formula is C17H11NO4S2. The van der Waals surface area contributed by atoms with Crippen LogP contribution in [0, 0.1) is 0 Å². The van der Waals surface area contributed by atoms with Gasteiger partial charge in [-0.1, -0.05) is 36.1 Å². The molecule has 4 rings (SSSR count). The minimum atomic E-state index is -0.202. The summed E-state index contributed by atoms with van der Waals surface area (Å²) >= 11 is 6.58. The number of ether oxygens (including phenoxy) is 2. The van der Waals surface area contributed by atoms with Crippen molar-refractivity contribution in [2.75, 3.05) is 11.7 Å². The van der Waals surface area contributed by atoms with E-state index < -0.39 is 0 Å². The Balaban J connectivity index is 1.66. The number of thioether (sulfide) groups is 1. The second kappa shape index (κ2) is 5.85. The van der Waals surface area contributed by atoms with Crippen molar-refractivity contribution in [3.63, 3.8) is 0 Å². The average molecular weight is 357 g/mol. The standard InChI is InChI=1S/C17H11NO4S2/c19-12-3-1-2-10(6-12)7-15-16(20)18(17(23)24-15)11-4-5-13-14(8-11)22-9-21-13/h1-8,19H,9H2/b15-7-. The van der Waals surface area contributed by atoms with Gasteiger partial charge < -0.3 is 14.6 Å². The number of benzene rings is 2. The summed E-state index contributed by atoms with van der Waals surface area (Å²) in [5.41, 5.74) is 1.38. The van der Waals surface area contributed by atoms with Crippen LogP contribution in [-0.2, 0) is 4.79 Å². The lowest BCUT2D eigenvalue weighted by molar-refractivity contribution is -0.113. The van der Waals surface area contributed by atoms with Crippen LogP contribution in [0.2, 0.25) is 0 Å². The van der Waals surface area contributed by atoms with Crippen LogP contribution in [0.15, 0.2) is 47.4 Å². The zero-order valence-corrected chi connectivity index (χ0v) is 13.9. The number of phenolic OH excluding ortho intramolecular Hbond substituents is 1. The van der Waals surface area contributed by atoms with Crippen molar-refractivity contribution in [2.24, 2.45) is 0 Å². The molecule has 2 aliphatic heterocycles. The highest BCUT2D eigenvalue weighted by Gasteiger charge is 2.34. The van der Waals surface area contributed by atoms with Gasteiger partial charge in [-0.3, -0.25) is 9.69 Å². The van der Waals surface area contributed by atoms with E-state index in [0.717, 1.165) is 5.56 Å². The fourth-order valence-electron chi connectivity index (χ4n) is 2.48. The number of phenols is 1. The first-order chi connectivity index (χ1) is 11.6. The van der Waals surface area contributed by atoms with Crippen molar-refractivity contribution < 1.29 is 19.4 Å². The lowest BCUT2D eigenvalue weighted by Gasteiger charge is -2.14. The van der Waals surface area contributed by atoms with Crippen LogP contribution in [0.4, 0.5) is 5.69 Å². The first-order valence-corrected chi connectivity index (χ1v) is 8.31. The topological polar surface area (TPSA) is 59.0 Å². The number of carbonyl (C=O) groups excluding carboxylic acids is 1. The third kappa shape index (κ3) is 2.61. The molecule has 1 amide bonds. The van der Waals surface area contributed by atoms with Crippen molar-refractivity contribution in [3.05, 3.63) is 52.9 Å². The third-order valence-electron chi connectivity index (χ3n) is 3.58. The van der Waals surface area contributed by atoms with Gasteiger partial charge in [0.2, 0.25) is 6.79 Å². The average Bonchev–Trinajstić information content (AvgIpc) is 3.12. The predicted octanol–water partition coefficient (Wildman–Crippen LogP) is 3.53. The highest BCUT2D eigenvalue weighted by atomic mass is 32.2. The molecule has 2 aromatic carbocycles. The van der Waals surface area contributed by atoms with Crippen molar-refractivity contribution in [1.82, 2.24) is 0 Å². The summed E-state index contributed by atoms with van der Waals surface area (Å²) in [5, 5.41) is 9.54. The molecule has 0 bridgehead atoms. The highest BCUT2D eigenvalue weighted by molar-refractivity contribution is 8.27. The molecule has 0 spiro atoms. The normalized spacial score (nSPS) is 17.8. The Bertz CT molecular complexity index is 894. The number of thiocarbonyl (C=S) groups is 1. The number of carbonyl (C=O) groups is 1. The second-order valence-electron chi connectivity index (χ2n) is 5.15. The summed E-state index contributed by atoms with van der Waals surface area (Å²) in [4.78, 5) is 14.7. The lowest BCUT2D eigenvalue weighted by atomic mass is 10.2. The Morgan fingerprint density at radius 1 is 1.17 bits per heavy atom. The molecule has 2 aromatic rings.